The maximum absolute atomic E-state index is 12.7. The van der Waals surface area contributed by atoms with Crippen LogP contribution in [0.4, 0.5) is 4.79 Å². The fraction of sp³-hybridized carbons (Fsp3) is 0.571. The van der Waals surface area contributed by atoms with Crippen LogP contribution in [0.15, 0.2) is 24.4 Å². The van der Waals surface area contributed by atoms with Gasteiger partial charge in [-0.3, -0.25) is 14.6 Å². The van der Waals surface area contributed by atoms with E-state index in [1.807, 2.05) is 19.9 Å². The van der Waals surface area contributed by atoms with Gasteiger partial charge in [0.05, 0.1) is 11.8 Å². The molecule has 30 heavy (non-hydrogen) atoms. The maximum Gasteiger partial charge on any atom is 0.408 e. The molecular formula is C21H29N5O4. The number of amides is 3. The third kappa shape index (κ3) is 7.70. The fourth-order valence-corrected chi connectivity index (χ4v) is 3.27. The lowest BCUT2D eigenvalue weighted by molar-refractivity contribution is -0.128. The fourth-order valence-electron chi connectivity index (χ4n) is 3.27. The van der Waals surface area contributed by atoms with Gasteiger partial charge < -0.3 is 20.7 Å². The van der Waals surface area contributed by atoms with Gasteiger partial charge in [0.1, 0.15) is 18.7 Å². The van der Waals surface area contributed by atoms with Crippen molar-refractivity contribution in [1.29, 1.82) is 5.26 Å². The van der Waals surface area contributed by atoms with Crippen molar-refractivity contribution in [3.05, 3.63) is 30.1 Å². The van der Waals surface area contributed by atoms with Gasteiger partial charge in [0.2, 0.25) is 11.8 Å². The van der Waals surface area contributed by atoms with Gasteiger partial charge in [0.25, 0.3) is 0 Å². The normalized spacial score (nSPS) is 17.9. The predicted molar refractivity (Wildman–Crippen MR) is 109 cm³/mol. The van der Waals surface area contributed by atoms with E-state index in [4.69, 9.17) is 4.74 Å². The lowest BCUT2D eigenvalue weighted by atomic mass is 9.91. The number of carbonyl (C=O) groups excluding carboxylic acids is 3. The van der Waals surface area contributed by atoms with Crippen molar-refractivity contribution in [1.82, 2.24) is 20.9 Å². The molecule has 2 heterocycles. The number of piperidine rings is 1. The van der Waals surface area contributed by atoms with Crippen LogP contribution >= 0.6 is 0 Å². The minimum absolute atomic E-state index is 0.0136. The van der Waals surface area contributed by atoms with E-state index >= 15 is 0 Å². The van der Waals surface area contributed by atoms with Gasteiger partial charge in [-0.05, 0) is 43.7 Å². The molecule has 9 nitrogen and oxygen atoms in total. The van der Waals surface area contributed by atoms with Crippen molar-refractivity contribution >= 4 is 17.9 Å². The average molecular weight is 415 g/mol. The summed E-state index contributed by atoms with van der Waals surface area (Å²) in [5.74, 6) is -0.739. The SMILES string of the molecule is CC(C)C[C@H](NC(=O)OCc1ccccn1)C(=O)N[C@H](C#N)C[C@@H]1CCCNC1=O. The second-order valence-electron chi connectivity index (χ2n) is 7.78. The first-order valence-corrected chi connectivity index (χ1v) is 10.2. The Morgan fingerprint density at radius 3 is 2.80 bits per heavy atom. The maximum atomic E-state index is 12.7. The number of rotatable bonds is 9. The molecule has 0 unspecified atom stereocenters. The number of ether oxygens (including phenoxy) is 1. The lowest BCUT2D eigenvalue weighted by Crippen LogP contribution is -2.51. The second-order valence-corrected chi connectivity index (χ2v) is 7.78. The number of hydrogen-bond donors (Lipinski definition) is 3. The van der Waals surface area contributed by atoms with Gasteiger partial charge in [-0.15, -0.1) is 0 Å². The third-order valence-electron chi connectivity index (χ3n) is 4.78. The Morgan fingerprint density at radius 1 is 1.37 bits per heavy atom. The van der Waals surface area contributed by atoms with Crippen LogP contribution in [-0.2, 0) is 20.9 Å². The zero-order chi connectivity index (χ0) is 21.9. The molecule has 3 atom stereocenters. The summed E-state index contributed by atoms with van der Waals surface area (Å²) in [6.07, 6.45) is 3.02. The van der Waals surface area contributed by atoms with Gasteiger partial charge in [-0.25, -0.2) is 4.79 Å². The monoisotopic (exact) mass is 415 g/mol. The van der Waals surface area contributed by atoms with E-state index in [0.29, 0.717) is 25.1 Å². The topological polar surface area (TPSA) is 133 Å². The minimum Gasteiger partial charge on any atom is -0.443 e. The smallest absolute Gasteiger partial charge is 0.408 e. The standard InChI is InChI=1S/C21H29N5O4/c1-14(2)10-18(26-21(29)30-13-16-7-3-4-8-23-16)20(28)25-17(12-22)11-15-6-5-9-24-19(15)27/h3-4,7-8,14-15,17-18H,5-6,9-11,13H2,1-2H3,(H,24,27)(H,25,28)(H,26,29)/t15-,17-,18-/m0/s1. The van der Waals surface area contributed by atoms with Gasteiger partial charge in [0, 0.05) is 18.7 Å². The number of nitriles is 1. The van der Waals surface area contributed by atoms with Gasteiger partial charge in [-0.1, -0.05) is 19.9 Å². The zero-order valence-electron chi connectivity index (χ0n) is 17.4. The van der Waals surface area contributed by atoms with Crippen LogP contribution in [0.5, 0.6) is 0 Å². The molecule has 1 aromatic heterocycles. The van der Waals surface area contributed by atoms with Gasteiger partial charge in [0.15, 0.2) is 0 Å². The summed E-state index contributed by atoms with van der Waals surface area (Å²) in [5, 5.41) is 17.4. The Labute approximate surface area is 176 Å². The number of pyridine rings is 1. The number of hydrogen-bond acceptors (Lipinski definition) is 6. The number of nitrogens with zero attached hydrogens (tertiary/aromatic N) is 2. The number of nitrogens with one attached hydrogen (secondary N) is 3. The summed E-state index contributed by atoms with van der Waals surface area (Å²) in [6, 6.07) is 5.65. The third-order valence-corrected chi connectivity index (χ3v) is 4.78. The van der Waals surface area contributed by atoms with Crippen molar-refractivity contribution in [2.45, 2.75) is 58.2 Å². The average Bonchev–Trinajstić information content (AvgIpc) is 2.73. The van der Waals surface area contributed by atoms with E-state index in [0.717, 1.165) is 6.42 Å². The second kappa shape index (κ2) is 11.8. The molecule has 162 valence electrons. The summed E-state index contributed by atoms with van der Waals surface area (Å²) < 4.78 is 5.15. The molecule has 3 N–H and O–H groups in total. The highest BCUT2D eigenvalue weighted by atomic mass is 16.5. The van der Waals surface area contributed by atoms with Crippen LogP contribution in [0.1, 0.15) is 45.2 Å². The van der Waals surface area contributed by atoms with Crippen LogP contribution in [0, 0.1) is 23.2 Å². The summed E-state index contributed by atoms with van der Waals surface area (Å²) in [6.45, 7) is 4.48. The van der Waals surface area contributed by atoms with E-state index in [1.165, 1.54) is 0 Å². The molecule has 1 aromatic rings. The predicted octanol–water partition coefficient (Wildman–Crippen LogP) is 1.65. The number of aromatic nitrogens is 1. The molecule has 1 saturated heterocycles. The molecule has 0 spiro atoms. The van der Waals surface area contributed by atoms with E-state index in [2.05, 4.69) is 20.9 Å². The molecule has 0 bridgehead atoms. The largest absolute Gasteiger partial charge is 0.443 e. The summed E-state index contributed by atoms with van der Waals surface area (Å²) in [5.41, 5.74) is 0.591. The van der Waals surface area contributed by atoms with Crippen molar-refractivity contribution in [3.8, 4) is 6.07 Å². The first kappa shape index (κ1) is 23.1. The molecule has 0 aromatic carbocycles. The highest BCUT2D eigenvalue weighted by Crippen LogP contribution is 2.17. The highest BCUT2D eigenvalue weighted by molar-refractivity contribution is 5.86. The van der Waals surface area contributed by atoms with Crippen molar-refractivity contribution in [2.75, 3.05) is 6.54 Å². The van der Waals surface area contributed by atoms with E-state index in [9.17, 15) is 19.6 Å². The molecule has 3 amide bonds. The Hall–Kier alpha value is -3.15. The molecule has 0 radical (unpaired) electrons. The molecule has 1 aliphatic heterocycles. The number of carbonyl (C=O) groups is 3. The van der Waals surface area contributed by atoms with E-state index in [-0.39, 0.29) is 30.8 Å². The minimum atomic E-state index is -0.850. The molecule has 0 saturated carbocycles. The molecule has 1 fully saturated rings. The van der Waals surface area contributed by atoms with Crippen molar-refractivity contribution in [3.63, 3.8) is 0 Å². The highest BCUT2D eigenvalue weighted by Gasteiger charge is 2.29. The van der Waals surface area contributed by atoms with Crippen LogP contribution in [0.2, 0.25) is 0 Å². The Bertz CT molecular complexity index is 762. The summed E-state index contributed by atoms with van der Waals surface area (Å²) >= 11 is 0. The number of alkyl carbamates (subject to hydrolysis) is 1. The van der Waals surface area contributed by atoms with Crippen molar-refractivity contribution in [2.24, 2.45) is 11.8 Å². The van der Waals surface area contributed by atoms with Crippen LogP contribution < -0.4 is 16.0 Å². The van der Waals surface area contributed by atoms with Crippen LogP contribution in [0.25, 0.3) is 0 Å². The lowest BCUT2D eigenvalue weighted by Gasteiger charge is -2.25. The molecule has 9 heteroatoms. The quantitative estimate of drug-likeness (QED) is 0.562. The van der Waals surface area contributed by atoms with E-state index < -0.39 is 24.1 Å². The Morgan fingerprint density at radius 2 is 2.17 bits per heavy atom. The van der Waals surface area contributed by atoms with Gasteiger partial charge in [-0.2, -0.15) is 5.26 Å². The summed E-state index contributed by atoms with van der Waals surface area (Å²) in [7, 11) is 0. The van der Waals surface area contributed by atoms with Gasteiger partial charge >= 0.3 is 6.09 Å². The molecular weight excluding hydrogens is 386 g/mol. The summed E-state index contributed by atoms with van der Waals surface area (Å²) in [4.78, 5) is 40.9. The van der Waals surface area contributed by atoms with Crippen LogP contribution in [-0.4, -0.2) is 41.5 Å². The molecule has 1 aliphatic rings. The Kier molecular flexibility index (Phi) is 9.06. The first-order chi connectivity index (χ1) is 14.4. The molecule has 0 aliphatic carbocycles. The molecule has 2 rings (SSSR count). The van der Waals surface area contributed by atoms with Crippen molar-refractivity contribution < 1.29 is 19.1 Å². The Balaban J connectivity index is 1.91. The van der Waals surface area contributed by atoms with E-state index in [1.54, 1.807) is 24.4 Å². The van der Waals surface area contributed by atoms with Crippen LogP contribution in [0.3, 0.4) is 0 Å². The zero-order valence-corrected chi connectivity index (χ0v) is 17.4. The first-order valence-electron chi connectivity index (χ1n) is 10.2.